The number of carbonyl (C=O) groups excluding carboxylic acids is 2. The Labute approximate surface area is 157 Å². The molecule has 0 bridgehead atoms. The fourth-order valence-corrected chi connectivity index (χ4v) is 3.87. The number of benzene rings is 1. The monoisotopic (exact) mass is 361 g/mol. The van der Waals surface area contributed by atoms with Crippen molar-refractivity contribution in [1.29, 1.82) is 0 Å². The van der Waals surface area contributed by atoms with Crippen LogP contribution < -0.4 is 5.32 Å². The Morgan fingerprint density at radius 1 is 1.23 bits per heavy atom. The van der Waals surface area contributed by atoms with Crippen LogP contribution in [0.3, 0.4) is 0 Å². The summed E-state index contributed by atoms with van der Waals surface area (Å²) in [5, 5.41) is 3.09. The highest BCUT2D eigenvalue weighted by Crippen LogP contribution is 2.26. The number of anilines is 1. The lowest BCUT2D eigenvalue weighted by atomic mass is 9.95. The van der Waals surface area contributed by atoms with Gasteiger partial charge >= 0.3 is 5.97 Å². The summed E-state index contributed by atoms with van der Waals surface area (Å²) in [5.74, 6) is -0.173. The quantitative estimate of drug-likeness (QED) is 0.598. The number of nitrogens with zero attached hydrogens (tertiary/aromatic N) is 1. The minimum atomic E-state index is -0.0994. The van der Waals surface area contributed by atoms with Gasteiger partial charge in [-0.15, -0.1) is 0 Å². The maximum absolute atomic E-state index is 12.8. The summed E-state index contributed by atoms with van der Waals surface area (Å²) in [6, 6.07) is 6.01. The van der Waals surface area contributed by atoms with Crippen molar-refractivity contribution in [3.63, 3.8) is 0 Å². The lowest BCUT2D eigenvalue weighted by Crippen LogP contribution is -2.58. The number of hydrogen-bond acceptors (Lipinski definition) is 3. The minimum Gasteiger partial charge on any atom is -0.465 e. The normalized spacial score (nSPS) is 22.7. The van der Waals surface area contributed by atoms with E-state index in [1.54, 1.807) is 0 Å². The van der Waals surface area contributed by atoms with E-state index in [0.717, 1.165) is 49.2 Å². The molecule has 5 nitrogen and oxygen atoms in total. The van der Waals surface area contributed by atoms with Crippen molar-refractivity contribution in [3.8, 4) is 0 Å². The molecule has 1 aromatic rings. The average Bonchev–Trinajstić information content (AvgIpc) is 2.63. The van der Waals surface area contributed by atoms with Gasteiger partial charge in [0.25, 0.3) is 5.91 Å². The number of ether oxygens (including phenoxy) is 1. The molecule has 0 saturated carbocycles. The standard InChI is InChI=1S/C21H32N2O3/c1-5-13-26-21(25)18-11-8-12-23(6-2,14-18)15-19(24)22-20-16(3)9-7-10-17(20)4/h7,9-10,18H,5-6,8,11-15H2,1-4H3/p+1. The molecule has 144 valence electrons. The first-order valence-corrected chi connectivity index (χ1v) is 9.78. The van der Waals surface area contributed by atoms with Crippen LogP contribution in [0.2, 0.25) is 0 Å². The number of rotatable bonds is 7. The van der Waals surface area contributed by atoms with Crippen molar-refractivity contribution in [1.82, 2.24) is 0 Å². The van der Waals surface area contributed by atoms with Crippen molar-refractivity contribution in [2.45, 2.75) is 47.0 Å². The van der Waals surface area contributed by atoms with Gasteiger partial charge in [0, 0.05) is 5.69 Å². The Morgan fingerprint density at radius 2 is 1.92 bits per heavy atom. The van der Waals surface area contributed by atoms with Crippen LogP contribution in [0.4, 0.5) is 5.69 Å². The van der Waals surface area contributed by atoms with Crippen LogP contribution in [0, 0.1) is 19.8 Å². The van der Waals surface area contributed by atoms with Gasteiger partial charge in [-0.25, -0.2) is 0 Å². The number of esters is 1. The Bertz CT molecular complexity index is 624. The van der Waals surface area contributed by atoms with Gasteiger partial charge in [0.2, 0.25) is 0 Å². The number of likely N-dealkylation sites (tertiary alicyclic amines) is 1. The zero-order valence-electron chi connectivity index (χ0n) is 16.6. The molecule has 1 saturated heterocycles. The van der Waals surface area contributed by atoms with Gasteiger partial charge in [-0.05, 0) is 51.2 Å². The first kappa shape index (κ1) is 20.4. The highest BCUT2D eigenvalue weighted by molar-refractivity contribution is 5.93. The van der Waals surface area contributed by atoms with Crippen LogP contribution in [-0.2, 0) is 14.3 Å². The zero-order valence-corrected chi connectivity index (χ0v) is 16.6. The van der Waals surface area contributed by atoms with Crippen LogP contribution in [0.15, 0.2) is 18.2 Å². The zero-order chi connectivity index (χ0) is 19.2. The number of amides is 1. The number of nitrogens with one attached hydrogen (secondary N) is 1. The third-order valence-corrected chi connectivity index (χ3v) is 5.47. The number of aryl methyl sites for hydroxylation is 2. The molecule has 1 fully saturated rings. The van der Waals surface area contributed by atoms with E-state index < -0.39 is 0 Å². The highest BCUT2D eigenvalue weighted by atomic mass is 16.5. The van der Waals surface area contributed by atoms with Crippen LogP contribution >= 0.6 is 0 Å². The maximum Gasteiger partial charge on any atom is 0.314 e. The van der Waals surface area contributed by atoms with E-state index in [1.807, 2.05) is 39.0 Å². The predicted octanol–water partition coefficient (Wildman–Crippen LogP) is 3.44. The van der Waals surface area contributed by atoms with Crippen molar-refractivity contribution >= 4 is 17.6 Å². The van der Waals surface area contributed by atoms with Gasteiger partial charge < -0.3 is 14.5 Å². The second-order valence-corrected chi connectivity index (χ2v) is 7.54. The fraction of sp³-hybridized carbons (Fsp3) is 0.619. The lowest BCUT2D eigenvalue weighted by molar-refractivity contribution is -0.925. The van der Waals surface area contributed by atoms with Crippen LogP contribution in [0.25, 0.3) is 0 Å². The predicted molar refractivity (Wildman–Crippen MR) is 104 cm³/mol. The van der Waals surface area contributed by atoms with Gasteiger partial charge in [-0.3, -0.25) is 9.59 Å². The molecule has 2 unspecified atom stereocenters. The van der Waals surface area contributed by atoms with Crippen LogP contribution in [0.1, 0.15) is 44.2 Å². The lowest BCUT2D eigenvalue weighted by Gasteiger charge is -2.42. The minimum absolute atomic E-state index is 0.0202. The molecule has 5 heteroatoms. The number of likely N-dealkylation sites (N-methyl/N-ethyl adjacent to an activating group) is 1. The number of quaternary nitrogens is 1. The number of carbonyl (C=O) groups is 2. The van der Waals surface area contributed by atoms with E-state index in [9.17, 15) is 9.59 Å². The molecule has 26 heavy (non-hydrogen) atoms. The number of piperidine rings is 1. The largest absolute Gasteiger partial charge is 0.465 e. The molecule has 0 aliphatic carbocycles. The average molecular weight is 362 g/mol. The molecule has 0 aromatic heterocycles. The highest BCUT2D eigenvalue weighted by Gasteiger charge is 2.39. The molecular weight excluding hydrogens is 328 g/mol. The summed E-state index contributed by atoms with van der Waals surface area (Å²) < 4.78 is 6.01. The molecule has 1 aliphatic rings. The Hall–Kier alpha value is -1.88. The van der Waals surface area contributed by atoms with Crippen molar-refractivity contribution < 1.29 is 18.8 Å². The summed E-state index contributed by atoms with van der Waals surface area (Å²) in [6.07, 6.45) is 2.65. The fourth-order valence-electron chi connectivity index (χ4n) is 3.87. The SMILES string of the molecule is CCCOC(=O)C1CCC[N+](CC)(CC(=O)Nc2c(C)cccc2C)C1. The molecule has 1 aromatic carbocycles. The third kappa shape index (κ3) is 5.07. The Morgan fingerprint density at radius 3 is 2.54 bits per heavy atom. The smallest absolute Gasteiger partial charge is 0.314 e. The molecule has 1 heterocycles. The van der Waals surface area contributed by atoms with E-state index in [4.69, 9.17) is 4.74 Å². The second-order valence-electron chi connectivity index (χ2n) is 7.54. The number of para-hydroxylation sites is 1. The number of hydrogen-bond donors (Lipinski definition) is 1. The second kappa shape index (κ2) is 9.17. The van der Waals surface area contributed by atoms with E-state index in [1.165, 1.54) is 0 Å². The van der Waals surface area contributed by atoms with Gasteiger partial charge in [-0.1, -0.05) is 25.1 Å². The maximum atomic E-state index is 12.8. The van der Waals surface area contributed by atoms with Gasteiger partial charge in [0.05, 0.1) is 26.2 Å². The summed E-state index contributed by atoms with van der Waals surface area (Å²) in [6.45, 7) is 11.5. The van der Waals surface area contributed by atoms with Gasteiger partial charge in [0.1, 0.15) is 5.92 Å². The van der Waals surface area contributed by atoms with E-state index >= 15 is 0 Å². The van der Waals surface area contributed by atoms with Crippen molar-refractivity contribution in [3.05, 3.63) is 29.3 Å². The topological polar surface area (TPSA) is 55.4 Å². The first-order chi connectivity index (χ1) is 12.4. The summed E-state index contributed by atoms with van der Waals surface area (Å²) in [7, 11) is 0. The third-order valence-electron chi connectivity index (χ3n) is 5.47. The molecule has 1 N–H and O–H groups in total. The summed E-state index contributed by atoms with van der Waals surface area (Å²) >= 11 is 0. The molecule has 2 rings (SSSR count). The van der Waals surface area contributed by atoms with E-state index in [2.05, 4.69) is 12.2 Å². The van der Waals surface area contributed by atoms with Crippen molar-refractivity contribution in [2.75, 3.05) is 38.1 Å². The van der Waals surface area contributed by atoms with Crippen LogP contribution in [-0.4, -0.2) is 49.1 Å². The van der Waals surface area contributed by atoms with Crippen molar-refractivity contribution in [2.24, 2.45) is 5.92 Å². The molecule has 1 aliphatic heterocycles. The molecule has 1 amide bonds. The van der Waals surface area contributed by atoms with E-state index in [-0.39, 0.29) is 17.8 Å². The first-order valence-electron chi connectivity index (χ1n) is 9.78. The molecule has 2 atom stereocenters. The van der Waals surface area contributed by atoms with Gasteiger partial charge in [0.15, 0.2) is 6.54 Å². The summed E-state index contributed by atoms with van der Waals surface area (Å²) in [5.41, 5.74) is 3.05. The molecule has 0 radical (unpaired) electrons. The van der Waals surface area contributed by atoms with E-state index in [0.29, 0.717) is 24.2 Å². The van der Waals surface area contributed by atoms with Crippen LogP contribution in [0.5, 0.6) is 0 Å². The Kier molecular flexibility index (Phi) is 7.21. The summed E-state index contributed by atoms with van der Waals surface area (Å²) in [4.78, 5) is 25.0. The Balaban J connectivity index is 2.04. The molecule has 0 spiro atoms. The van der Waals surface area contributed by atoms with Gasteiger partial charge in [-0.2, -0.15) is 0 Å². The molecular formula is C21H33N2O3+.